The molecule has 0 heteroatoms. The van der Waals surface area contributed by atoms with Crippen LogP contribution in [0.25, 0.3) is 44.5 Å². The lowest BCUT2D eigenvalue weighted by atomic mass is 9.83. The van der Waals surface area contributed by atoms with Gasteiger partial charge in [-0.2, -0.15) is 0 Å². The summed E-state index contributed by atoms with van der Waals surface area (Å²) in [6.45, 7) is 0. The average molecular weight is 559 g/mol. The third-order valence-corrected chi connectivity index (χ3v) is 9.63. The largest absolute Gasteiger partial charge is 0.0622 e. The molecule has 1 unspecified atom stereocenters. The van der Waals surface area contributed by atoms with Gasteiger partial charge in [-0.25, -0.2) is 0 Å². The van der Waals surface area contributed by atoms with Crippen LogP contribution in [-0.4, -0.2) is 0 Å². The molecule has 0 spiro atoms. The van der Waals surface area contributed by atoms with E-state index in [9.17, 15) is 0 Å². The molecule has 0 aromatic heterocycles. The van der Waals surface area contributed by atoms with Crippen LogP contribution in [0.3, 0.4) is 0 Å². The summed E-state index contributed by atoms with van der Waals surface area (Å²) in [6.07, 6.45) is 0. The van der Waals surface area contributed by atoms with Crippen molar-refractivity contribution in [3.8, 4) is 44.5 Å². The Morgan fingerprint density at radius 3 is 1.48 bits per heavy atom. The third-order valence-electron chi connectivity index (χ3n) is 9.63. The van der Waals surface area contributed by atoms with E-state index in [0.717, 1.165) is 0 Å². The Morgan fingerprint density at radius 1 is 0.318 bits per heavy atom. The number of hydrogen-bond acceptors (Lipinski definition) is 0. The molecular formula is C44H30. The highest BCUT2D eigenvalue weighted by molar-refractivity contribution is 5.97. The van der Waals surface area contributed by atoms with Gasteiger partial charge >= 0.3 is 0 Å². The lowest BCUT2D eigenvalue weighted by Crippen LogP contribution is -2.03. The highest BCUT2D eigenvalue weighted by Crippen LogP contribution is 2.58. The SMILES string of the molecule is c1ccc(-c2ccc(C(c3ccccc3)c3cccc(-c4cc5c6c(c4)-c4ccccc4C6c4ccccc4-5)c3)cc2)cc1. The van der Waals surface area contributed by atoms with Crippen molar-refractivity contribution in [1.29, 1.82) is 0 Å². The fourth-order valence-electron chi connectivity index (χ4n) is 7.66. The van der Waals surface area contributed by atoms with Crippen molar-refractivity contribution in [3.63, 3.8) is 0 Å². The van der Waals surface area contributed by atoms with E-state index >= 15 is 0 Å². The minimum Gasteiger partial charge on any atom is -0.0622 e. The first-order valence-corrected chi connectivity index (χ1v) is 15.5. The predicted molar refractivity (Wildman–Crippen MR) is 183 cm³/mol. The Hall–Kier alpha value is -5.46. The zero-order chi connectivity index (χ0) is 29.0. The molecule has 206 valence electrons. The van der Waals surface area contributed by atoms with Crippen molar-refractivity contribution >= 4 is 0 Å². The van der Waals surface area contributed by atoms with Crippen LogP contribution in [0, 0.1) is 0 Å². The molecule has 0 N–H and O–H groups in total. The second kappa shape index (κ2) is 10.1. The molecule has 0 aliphatic heterocycles. The molecule has 0 radical (unpaired) electrons. The molecular weight excluding hydrogens is 528 g/mol. The van der Waals surface area contributed by atoms with Gasteiger partial charge in [0.1, 0.15) is 0 Å². The van der Waals surface area contributed by atoms with Crippen molar-refractivity contribution in [1.82, 2.24) is 0 Å². The van der Waals surface area contributed by atoms with Gasteiger partial charge < -0.3 is 0 Å². The van der Waals surface area contributed by atoms with E-state index in [1.165, 1.54) is 77.9 Å². The van der Waals surface area contributed by atoms with Gasteiger partial charge in [0.05, 0.1) is 0 Å². The summed E-state index contributed by atoms with van der Waals surface area (Å²) in [6, 6.07) is 62.7. The highest BCUT2D eigenvalue weighted by atomic mass is 14.4. The summed E-state index contributed by atoms with van der Waals surface area (Å²) in [5, 5.41) is 0. The van der Waals surface area contributed by atoms with Crippen molar-refractivity contribution in [2.24, 2.45) is 0 Å². The summed E-state index contributed by atoms with van der Waals surface area (Å²) in [5.41, 5.74) is 18.8. The van der Waals surface area contributed by atoms with Gasteiger partial charge in [0.25, 0.3) is 0 Å². The molecule has 44 heavy (non-hydrogen) atoms. The predicted octanol–water partition coefficient (Wildman–Crippen LogP) is 11.3. The second-order valence-electron chi connectivity index (χ2n) is 12.0. The van der Waals surface area contributed by atoms with Gasteiger partial charge in [-0.15, -0.1) is 0 Å². The summed E-state index contributed by atoms with van der Waals surface area (Å²) in [7, 11) is 0. The van der Waals surface area contributed by atoms with E-state index in [-0.39, 0.29) is 5.92 Å². The molecule has 0 amide bonds. The number of rotatable bonds is 5. The molecule has 0 heterocycles. The first-order valence-electron chi connectivity index (χ1n) is 15.5. The number of hydrogen-bond donors (Lipinski definition) is 0. The molecule has 7 aromatic rings. The van der Waals surface area contributed by atoms with Gasteiger partial charge in [0.15, 0.2) is 0 Å². The Kier molecular flexibility index (Phi) is 5.74. The minimum absolute atomic E-state index is 0.136. The summed E-state index contributed by atoms with van der Waals surface area (Å²) in [5.74, 6) is 0.477. The van der Waals surface area contributed by atoms with E-state index in [0.29, 0.717) is 5.92 Å². The zero-order valence-electron chi connectivity index (χ0n) is 24.3. The van der Waals surface area contributed by atoms with Crippen LogP contribution in [0.15, 0.2) is 170 Å². The molecule has 1 atom stereocenters. The molecule has 0 saturated heterocycles. The van der Waals surface area contributed by atoms with Crippen LogP contribution in [0.5, 0.6) is 0 Å². The van der Waals surface area contributed by atoms with E-state index in [1.807, 2.05) is 0 Å². The quantitative estimate of drug-likeness (QED) is 0.184. The van der Waals surface area contributed by atoms with Crippen molar-refractivity contribution in [2.75, 3.05) is 0 Å². The highest BCUT2D eigenvalue weighted by Gasteiger charge is 2.38. The molecule has 0 fully saturated rings. The molecule has 2 aliphatic carbocycles. The summed E-state index contributed by atoms with van der Waals surface area (Å²) in [4.78, 5) is 0. The second-order valence-corrected chi connectivity index (χ2v) is 12.0. The van der Waals surface area contributed by atoms with Crippen molar-refractivity contribution in [2.45, 2.75) is 11.8 Å². The van der Waals surface area contributed by atoms with Gasteiger partial charge in [0, 0.05) is 11.8 Å². The minimum atomic E-state index is 0.136. The van der Waals surface area contributed by atoms with Gasteiger partial charge in [-0.05, 0) is 90.0 Å². The van der Waals surface area contributed by atoms with E-state index < -0.39 is 0 Å². The monoisotopic (exact) mass is 558 g/mol. The lowest BCUT2D eigenvalue weighted by molar-refractivity contribution is 0.978. The van der Waals surface area contributed by atoms with Crippen LogP contribution >= 0.6 is 0 Å². The zero-order valence-corrected chi connectivity index (χ0v) is 24.3. The van der Waals surface area contributed by atoms with Crippen LogP contribution in [0.4, 0.5) is 0 Å². The number of benzene rings is 7. The van der Waals surface area contributed by atoms with E-state index in [4.69, 9.17) is 0 Å². The van der Waals surface area contributed by atoms with Gasteiger partial charge in [-0.1, -0.05) is 158 Å². The van der Waals surface area contributed by atoms with Gasteiger partial charge in [-0.3, -0.25) is 0 Å². The topological polar surface area (TPSA) is 0 Å². The molecule has 0 saturated carbocycles. The smallest absolute Gasteiger partial charge is 0.0364 e. The van der Waals surface area contributed by atoms with Crippen molar-refractivity contribution < 1.29 is 0 Å². The van der Waals surface area contributed by atoms with E-state index in [2.05, 4.69) is 170 Å². The number of fused-ring (bicyclic) bond motifs is 6. The fraction of sp³-hybridized carbons (Fsp3) is 0.0455. The molecule has 0 nitrogen and oxygen atoms in total. The Balaban J connectivity index is 1.18. The van der Waals surface area contributed by atoms with Crippen LogP contribution in [0.1, 0.15) is 45.2 Å². The van der Waals surface area contributed by atoms with Gasteiger partial charge in [0.2, 0.25) is 0 Å². The normalized spacial score (nSPS) is 13.3. The standard InChI is InChI=1S/C44H30/c1-3-12-29(13-4-1)30-22-24-32(25-23-30)42(31-14-5-2-6-15-31)34-17-11-16-33(26-34)35-27-40-36-18-7-9-20-38(36)43-39-21-10-8-19-37(39)41(28-35)44(40)43/h1-28,42-43H. The third kappa shape index (κ3) is 3.92. The van der Waals surface area contributed by atoms with Crippen LogP contribution in [-0.2, 0) is 0 Å². The Bertz CT molecular complexity index is 2090. The first-order chi connectivity index (χ1) is 21.8. The Labute approximate surface area is 258 Å². The molecule has 2 aliphatic rings. The fourth-order valence-corrected chi connectivity index (χ4v) is 7.66. The summed E-state index contributed by atoms with van der Waals surface area (Å²) >= 11 is 0. The maximum absolute atomic E-state index is 2.44. The summed E-state index contributed by atoms with van der Waals surface area (Å²) < 4.78 is 0. The Morgan fingerprint density at radius 2 is 0.818 bits per heavy atom. The maximum atomic E-state index is 2.44. The average Bonchev–Trinajstić information content (AvgIpc) is 3.62. The molecule has 7 aromatic carbocycles. The first kappa shape index (κ1) is 25.1. The lowest BCUT2D eigenvalue weighted by Gasteiger charge is -2.20. The molecule has 9 rings (SSSR count). The maximum Gasteiger partial charge on any atom is 0.0364 e. The van der Waals surface area contributed by atoms with E-state index in [1.54, 1.807) is 0 Å². The molecule has 0 bridgehead atoms. The van der Waals surface area contributed by atoms with Crippen LogP contribution < -0.4 is 0 Å². The van der Waals surface area contributed by atoms with Crippen LogP contribution in [0.2, 0.25) is 0 Å². The van der Waals surface area contributed by atoms with Crippen molar-refractivity contribution in [3.05, 3.63) is 203 Å².